The first-order valence-corrected chi connectivity index (χ1v) is 8.91. The van der Waals surface area contributed by atoms with Crippen LogP contribution >= 0.6 is 28.4 Å². The third kappa shape index (κ3) is 2.61. The van der Waals surface area contributed by atoms with Gasteiger partial charge in [-0.25, -0.2) is 0 Å². The molecule has 0 unspecified atom stereocenters. The van der Waals surface area contributed by atoms with Crippen molar-refractivity contribution in [1.29, 1.82) is 0 Å². The van der Waals surface area contributed by atoms with Crippen LogP contribution in [0, 0.1) is 0 Å². The summed E-state index contributed by atoms with van der Waals surface area (Å²) in [6.07, 6.45) is 5.89. The summed E-state index contributed by atoms with van der Waals surface area (Å²) in [7, 11) is -0.0959. The first-order chi connectivity index (χ1) is 4.77. The van der Waals surface area contributed by atoms with Gasteiger partial charge in [0, 0.05) is 0 Å². The molecule has 0 aromatic heterocycles. The average Bonchev–Trinajstić information content (AvgIpc) is 2.33. The monoisotopic (exact) mass is 272 g/mol. The Labute approximate surface area is 78.1 Å². The number of unbranched alkanes of at least 4 members (excludes halogenated alkanes) is 1. The zero-order valence-electron chi connectivity index (χ0n) is 6.74. The highest BCUT2D eigenvalue weighted by Gasteiger charge is 2.23. The summed E-state index contributed by atoms with van der Waals surface area (Å²) in [4.78, 5) is 0. The van der Waals surface area contributed by atoms with Crippen molar-refractivity contribution < 1.29 is 0 Å². The second kappa shape index (κ2) is 4.19. The van der Waals surface area contributed by atoms with E-state index >= 15 is 0 Å². The number of hydrogen-bond acceptors (Lipinski definition) is 0. The lowest BCUT2D eigenvalue weighted by molar-refractivity contribution is 0.894. The van der Waals surface area contributed by atoms with Crippen molar-refractivity contribution in [3.05, 3.63) is 0 Å². The summed E-state index contributed by atoms with van der Waals surface area (Å²) < 4.78 is 0. The van der Waals surface area contributed by atoms with Crippen LogP contribution in [0.5, 0.6) is 0 Å². The van der Waals surface area contributed by atoms with Gasteiger partial charge in [-0.3, -0.25) is 0 Å². The van der Waals surface area contributed by atoms with Gasteiger partial charge in [0.2, 0.25) is 0 Å². The molecule has 0 atom stereocenters. The van der Waals surface area contributed by atoms with Gasteiger partial charge in [0.1, 0.15) is 0 Å². The van der Waals surface area contributed by atoms with Gasteiger partial charge in [-0.05, 0) is 57.7 Å². The minimum atomic E-state index is -0.0959. The predicted octanol–water partition coefficient (Wildman–Crippen LogP) is 3.73. The summed E-state index contributed by atoms with van der Waals surface area (Å²) in [6.45, 7) is 2.30. The Hall–Kier alpha value is 1.08. The topological polar surface area (TPSA) is 0 Å². The Morgan fingerprint density at radius 1 is 1.30 bits per heavy atom. The normalized spacial score (nSPS) is 26.6. The minimum absolute atomic E-state index is 0.0959. The van der Waals surface area contributed by atoms with E-state index in [9.17, 15) is 0 Å². The summed E-state index contributed by atoms with van der Waals surface area (Å²) in [5.41, 5.74) is 0. The molecule has 0 nitrogen and oxygen atoms in total. The standard InChI is InChI=1S/C8H17IS/c1-2-3-6-10(9)7-4-5-8-10/h2-8H2,1H3. The number of halogens is 1. The smallest absolute Gasteiger partial charge is 0.0143 e. The predicted molar refractivity (Wildman–Crippen MR) is 60.4 cm³/mol. The van der Waals surface area contributed by atoms with Crippen molar-refractivity contribution in [2.45, 2.75) is 32.6 Å². The lowest BCUT2D eigenvalue weighted by atomic mass is 10.4. The highest BCUT2D eigenvalue weighted by molar-refractivity contribution is 14.2. The van der Waals surface area contributed by atoms with Crippen LogP contribution in [0.4, 0.5) is 0 Å². The quantitative estimate of drug-likeness (QED) is 0.687. The summed E-state index contributed by atoms with van der Waals surface area (Å²) in [5.74, 6) is 4.67. The zero-order chi connectivity index (χ0) is 7.45. The SMILES string of the molecule is CCCCS1(I)CCCC1. The van der Waals surface area contributed by atoms with Crippen molar-refractivity contribution in [1.82, 2.24) is 0 Å². The van der Waals surface area contributed by atoms with E-state index in [1.807, 2.05) is 0 Å². The molecule has 0 spiro atoms. The van der Waals surface area contributed by atoms with Crippen molar-refractivity contribution >= 4 is 28.4 Å². The maximum absolute atomic E-state index is 2.77. The molecule has 10 heavy (non-hydrogen) atoms. The molecule has 0 radical (unpaired) electrons. The molecular weight excluding hydrogens is 255 g/mol. The molecule has 0 amide bonds. The van der Waals surface area contributed by atoms with Crippen LogP contribution in [0.3, 0.4) is 0 Å². The lowest BCUT2D eigenvalue weighted by Gasteiger charge is -2.27. The molecule has 0 aromatic carbocycles. The Kier molecular flexibility index (Phi) is 3.84. The Bertz CT molecular complexity index is 97.4. The molecule has 0 saturated carbocycles. The molecular formula is C8H17IS. The highest BCUT2D eigenvalue weighted by atomic mass is 127. The van der Waals surface area contributed by atoms with Crippen LogP contribution in [0.25, 0.3) is 0 Å². The molecule has 1 heterocycles. The van der Waals surface area contributed by atoms with Crippen LogP contribution in [0.2, 0.25) is 0 Å². The number of rotatable bonds is 3. The maximum Gasteiger partial charge on any atom is -0.0143 e. The lowest BCUT2D eigenvalue weighted by Crippen LogP contribution is -1.98. The molecule has 62 valence electrons. The zero-order valence-corrected chi connectivity index (χ0v) is 9.71. The molecule has 1 fully saturated rings. The molecule has 1 rings (SSSR count). The third-order valence-corrected chi connectivity index (χ3v) is 9.16. The maximum atomic E-state index is 2.77. The largest absolute Gasteiger partial charge is 0.187 e. The molecule has 0 aliphatic carbocycles. The number of hydrogen-bond donors (Lipinski definition) is 0. The van der Waals surface area contributed by atoms with E-state index in [1.54, 1.807) is 17.3 Å². The van der Waals surface area contributed by atoms with E-state index in [2.05, 4.69) is 28.1 Å². The van der Waals surface area contributed by atoms with Crippen LogP contribution < -0.4 is 0 Å². The second-order valence-electron chi connectivity index (χ2n) is 3.11. The van der Waals surface area contributed by atoms with Gasteiger partial charge in [-0.1, -0.05) is 13.3 Å². The molecule has 0 N–H and O–H groups in total. The molecule has 1 aliphatic rings. The van der Waals surface area contributed by atoms with Crippen LogP contribution in [-0.2, 0) is 0 Å². The van der Waals surface area contributed by atoms with Crippen LogP contribution in [-0.4, -0.2) is 17.3 Å². The van der Waals surface area contributed by atoms with E-state index in [1.165, 1.54) is 25.7 Å². The van der Waals surface area contributed by atoms with Gasteiger partial charge in [-0.15, -0.1) is 0 Å². The fourth-order valence-electron chi connectivity index (χ4n) is 1.43. The van der Waals surface area contributed by atoms with Crippen LogP contribution in [0.15, 0.2) is 0 Å². The first kappa shape index (κ1) is 9.17. The molecule has 1 saturated heterocycles. The van der Waals surface area contributed by atoms with Gasteiger partial charge in [0.25, 0.3) is 0 Å². The first-order valence-electron chi connectivity index (χ1n) is 4.23. The van der Waals surface area contributed by atoms with E-state index in [-0.39, 0.29) is 7.20 Å². The van der Waals surface area contributed by atoms with E-state index in [0.29, 0.717) is 0 Å². The van der Waals surface area contributed by atoms with Gasteiger partial charge in [0.05, 0.1) is 0 Å². The Morgan fingerprint density at radius 2 is 1.90 bits per heavy atom. The Balaban J connectivity index is 2.22. The summed E-state index contributed by atoms with van der Waals surface area (Å²) in [5, 5.41) is 0. The molecule has 0 aromatic rings. The summed E-state index contributed by atoms with van der Waals surface area (Å²) >= 11 is 2.77. The van der Waals surface area contributed by atoms with Crippen molar-refractivity contribution in [3.63, 3.8) is 0 Å². The average molecular weight is 272 g/mol. The van der Waals surface area contributed by atoms with Gasteiger partial charge >= 0.3 is 0 Å². The molecule has 0 bridgehead atoms. The van der Waals surface area contributed by atoms with Gasteiger partial charge in [0.15, 0.2) is 0 Å². The van der Waals surface area contributed by atoms with E-state index in [0.717, 1.165) is 0 Å². The van der Waals surface area contributed by atoms with Gasteiger partial charge < -0.3 is 0 Å². The highest BCUT2D eigenvalue weighted by Crippen LogP contribution is 2.61. The summed E-state index contributed by atoms with van der Waals surface area (Å²) in [6, 6.07) is 0. The minimum Gasteiger partial charge on any atom is -0.187 e. The van der Waals surface area contributed by atoms with Crippen LogP contribution in [0.1, 0.15) is 32.6 Å². The van der Waals surface area contributed by atoms with Gasteiger partial charge in [-0.2, -0.15) is 7.20 Å². The Morgan fingerprint density at radius 3 is 2.40 bits per heavy atom. The van der Waals surface area contributed by atoms with Crippen molar-refractivity contribution in [2.75, 3.05) is 17.3 Å². The van der Waals surface area contributed by atoms with E-state index in [4.69, 9.17) is 0 Å². The molecule has 2 heteroatoms. The van der Waals surface area contributed by atoms with Crippen molar-refractivity contribution in [3.8, 4) is 0 Å². The van der Waals surface area contributed by atoms with E-state index < -0.39 is 0 Å². The fourth-order valence-corrected chi connectivity index (χ4v) is 7.09. The second-order valence-corrected chi connectivity index (χ2v) is 11.8. The van der Waals surface area contributed by atoms with Crippen molar-refractivity contribution in [2.24, 2.45) is 0 Å². The molecule has 1 aliphatic heterocycles. The fraction of sp³-hybridized carbons (Fsp3) is 1.00. The third-order valence-electron chi connectivity index (χ3n) is 2.13.